The molecule has 32 heavy (non-hydrogen) atoms. The van der Waals surface area contributed by atoms with Crippen molar-refractivity contribution in [1.82, 2.24) is 0 Å². The zero-order valence-electron chi connectivity index (χ0n) is 18.0. The van der Waals surface area contributed by atoms with Crippen molar-refractivity contribution in [3.05, 3.63) is 71.8 Å². The van der Waals surface area contributed by atoms with Gasteiger partial charge in [-0.15, -0.1) is 0 Å². The summed E-state index contributed by atoms with van der Waals surface area (Å²) in [7, 11) is 0. The van der Waals surface area contributed by atoms with Gasteiger partial charge in [0.1, 0.15) is 0 Å². The van der Waals surface area contributed by atoms with Crippen molar-refractivity contribution in [2.75, 3.05) is 13.2 Å². The standard InChI is InChI=1S/C24H26O8/c1-3-15-29-23(27)19(31-21(25)17-11-7-5-8-12-17)20(24(28)30-16-4-2)32-22(26)18-13-9-6-10-14-18/h5-14,19-20H,3-4,15-16H2,1-2H3/t19-,20+. The first-order chi connectivity index (χ1) is 15.5. The van der Waals surface area contributed by atoms with Crippen molar-refractivity contribution < 1.29 is 38.1 Å². The minimum atomic E-state index is -1.84. The summed E-state index contributed by atoms with van der Waals surface area (Å²) in [5.74, 6) is -3.80. The fourth-order valence-electron chi connectivity index (χ4n) is 2.55. The Morgan fingerprint density at radius 3 is 1.28 bits per heavy atom. The van der Waals surface area contributed by atoms with Crippen LogP contribution in [0, 0.1) is 0 Å². The first-order valence-electron chi connectivity index (χ1n) is 10.3. The van der Waals surface area contributed by atoms with E-state index in [-0.39, 0.29) is 24.3 Å². The normalized spacial score (nSPS) is 12.2. The average molecular weight is 442 g/mol. The molecule has 0 spiro atoms. The van der Waals surface area contributed by atoms with E-state index in [1.165, 1.54) is 24.3 Å². The van der Waals surface area contributed by atoms with Crippen molar-refractivity contribution in [3.8, 4) is 0 Å². The lowest BCUT2D eigenvalue weighted by molar-refractivity contribution is -0.174. The zero-order chi connectivity index (χ0) is 23.3. The van der Waals surface area contributed by atoms with Crippen LogP contribution in [-0.2, 0) is 28.5 Å². The molecule has 0 radical (unpaired) electrons. The Balaban J connectivity index is 2.34. The van der Waals surface area contributed by atoms with Gasteiger partial charge in [-0.3, -0.25) is 0 Å². The summed E-state index contributed by atoms with van der Waals surface area (Å²) in [5, 5.41) is 0. The van der Waals surface area contributed by atoms with Crippen LogP contribution in [0.1, 0.15) is 47.4 Å². The lowest BCUT2D eigenvalue weighted by atomic mass is 10.1. The minimum Gasteiger partial charge on any atom is -0.463 e. The van der Waals surface area contributed by atoms with Gasteiger partial charge in [-0.1, -0.05) is 50.2 Å². The quantitative estimate of drug-likeness (QED) is 0.385. The maximum Gasteiger partial charge on any atom is 0.352 e. The maximum absolute atomic E-state index is 12.7. The predicted octanol–water partition coefficient (Wildman–Crippen LogP) is 3.34. The highest BCUT2D eigenvalue weighted by Gasteiger charge is 2.43. The minimum absolute atomic E-state index is 0.0293. The summed E-state index contributed by atoms with van der Waals surface area (Å²) in [4.78, 5) is 50.6. The number of hydrogen-bond donors (Lipinski definition) is 0. The van der Waals surface area contributed by atoms with E-state index < -0.39 is 36.1 Å². The van der Waals surface area contributed by atoms with Crippen LogP contribution < -0.4 is 0 Å². The molecule has 0 bridgehead atoms. The molecule has 2 atom stereocenters. The number of rotatable bonds is 11. The van der Waals surface area contributed by atoms with Gasteiger partial charge >= 0.3 is 23.9 Å². The lowest BCUT2D eigenvalue weighted by Crippen LogP contribution is -2.47. The molecule has 0 unspecified atom stereocenters. The Hall–Kier alpha value is -3.68. The molecule has 2 aromatic carbocycles. The molecule has 0 aromatic heterocycles. The number of hydrogen-bond acceptors (Lipinski definition) is 8. The Morgan fingerprint density at radius 1 is 0.625 bits per heavy atom. The van der Waals surface area contributed by atoms with Crippen LogP contribution in [0.3, 0.4) is 0 Å². The van der Waals surface area contributed by atoms with Gasteiger partial charge in [0.05, 0.1) is 24.3 Å². The van der Waals surface area contributed by atoms with E-state index in [0.29, 0.717) is 12.8 Å². The van der Waals surface area contributed by atoms with Gasteiger partial charge in [0, 0.05) is 0 Å². The topological polar surface area (TPSA) is 105 Å². The van der Waals surface area contributed by atoms with Crippen LogP contribution in [0.4, 0.5) is 0 Å². The van der Waals surface area contributed by atoms with Crippen LogP contribution in [0.5, 0.6) is 0 Å². The number of ether oxygens (including phenoxy) is 4. The van der Waals surface area contributed by atoms with Gasteiger partial charge in [-0.05, 0) is 37.1 Å². The van der Waals surface area contributed by atoms with E-state index in [2.05, 4.69) is 0 Å². The Kier molecular flexibility index (Phi) is 9.90. The van der Waals surface area contributed by atoms with Crippen molar-refractivity contribution >= 4 is 23.9 Å². The maximum atomic E-state index is 12.7. The molecule has 2 rings (SSSR count). The first-order valence-corrected chi connectivity index (χ1v) is 10.3. The van der Waals surface area contributed by atoms with E-state index in [0.717, 1.165) is 0 Å². The molecule has 0 N–H and O–H groups in total. The molecule has 170 valence electrons. The number of benzene rings is 2. The van der Waals surface area contributed by atoms with Crippen LogP contribution in [0.25, 0.3) is 0 Å². The molecule has 2 aromatic rings. The largest absolute Gasteiger partial charge is 0.463 e. The van der Waals surface area contributed by atoms with Gasteiger partial charge in [-0.25, -0.2) is 19.2 Å². The smallest absolute Gasteiger partial charge is 0.352 e. The van der Waals surface area contributed by atoms with Gasteiger partial charge in [0.2, 0.25) is 12.2 Å². The number of carbonyl (C=O) groups excluding carboxylic acids is 4. The second-order valence-corrected chi connectivity index (χ2v) is 6.72. The van der Waals surface area contributed by atoms with Gasteiger partial charge < -0.3 is 18.9 Å². The molecule has 8 heteroatoms. The lowest BCUT2D eigenvalue weighted by Gasteiger charge is -2.24. The molecule has 0 fully saturated rings. The van der Waals surface area contributed by atoms with E-state index >= 15 is 0 Å². The van der Waals surface area contributed by atoms with Gasteiger partial charge in [0.15, 0.2) is 0 Å². The molecule has 0 saturated carbocycles. The molecular weight excluding hydrogens is 416 g/mol. The monoisotopic (exact) mass is 442 g/mol. The Bertz CT molecular complexity index is 819. The van der Waals surface area contributed by atoms with Crippen LogP contribution in [0.15, 0.2) is 60.7 Å². The third-order valence-corrected chi connectivity index (χ3v) is 4.12. The molecule has 0 saturated heterocycles. The summed E-state index contributed by atoms with van der Waals surface area (Å²) < 4.78 is 20.8. The van der Waals surface area contributed by atoms with Crippen LogP contribution in [-0.4, -0.2) is 49.3 Å². The van der Waals surface area contributed by atoms with Crippen molar-refractivity contribution in [2.45, 2.75) is 38.9 Å². The Labute approximate surface area is 186 Å². The average Bonchev–Trinajstić information content (AvgIpc) is 2.83. The summed E-state index contributed by atoms with van der Waals surface area (Å²) in [6.45, 7) is 3.62. The van der Waals surface area contributed by atoms with Crippen molar-refractivity contribution in [3.63, 3.8) is 0 Å². The highest BCUT2D eigenvalue weighted by atomic mass is 16.6. The van der Waals surface area contributed by atoms with Gasteiger partial charge in [0.25, 0.3) is 0 Å². The second kappa shape index (κ2) is 12.9. The fourth-order valence-corrected chi connectivity index (χ4v) is 2.55. The van der Waals surface area contributed by atoms with Crippen LogP contribution in [0.2, 0.25) is 0 Å². The summed E-state index contributed by atoms with van der Waals surface area (Å²) >= 11 is 0. The van der Waals surface area contributed by atoms with Crippen LogP contribution >= 0.6 is 0 Å². The molecule has 0 aliphatic carbocycles. The number of carbonyl (C=O) groups is 4. The third-order valence-electron chi connectivity index (χ3n) is 4.12. The molecule has 0 aliphatic rings. The summed E-state index contributed by atoms with van der Waals surface area (Å²) in [6.07, 6.45) is -2.68. The number of esters is 4. The van der Waals surface area contributed by atoms with Crippen molar-refractivity contribution in [2.24, 2.45) is 0 Å². The summed E-state index contributed by atoms with van der Waals surface area (Å²) in [6, 6.07) is 15.8. The fraction of sp³-hybridized carbons (Fsp3) is 0.333. The molecular formula is C24H26O8. The predicted molar refractivity (Wildman–Crippen MR) is 114 cm³/mol. The SMILES string of the molecule is CCCOC(=O)[C@@H](OC(=O)c1ccccc1)[C@@H](OC(=O)c1ccccc1)C(=O)OCCC. The van der Waals surface area contributed by atoms with E-state index in [9.17, 15) is 19.2 Å². The second-order valence-electron chi connectivity index (χ2n) is 6.72. The Morgan fingerprint density at radius 2 is 0.969 bits per heavy atom. The molecule has 0 aliphatic heterocycles. The molecule has 0 amide bonds. The van der Waals surface area contributed by atoms with E-state index in [4.69, 9.17) is 18.9 Å². The van der Waals surface area contributed by atoms with E-state index in [1.54, 1.807) is 50.2 Å². The first kappa shape index (κ1) is 24.6. The van der Waals surface area contributed by atoms with Gasteiger partial charge in [-0.2, -0.15) is 0 Å². The van der Waals surface area contributed by atoms with E-state index in [1.807, 2.05) is 0 Å². The highest BCUT2D eigenvalue weighted by molar-refractivity contribution is 5.95. The highest BCUT2D eigenvalue weighted by Crippen LogP contribution is 2.16. The zero-order valence-corrected chi connectivity index (χ0v) is 18.0. The summed E-state index contributed by atoms with van der Waals surface area (Å²) in [5.41, 5.74) is 0.298. The molecule has 0 heterocycles. The van der Waals surface area contributed by atoms with Crippen molar-refractivity contribution in [1.29, 1.82) is 0 Å². The molecule has 8 nitrogen and oxygen atoms in total. The third kappa shape index (κ3) is 7.23.